The van der Waals surface area contributed by atoms with Crippen LogP contribution >= 0.6 is 0 Å². The zero-order valence-electron chi connectivity index (χ0n) is 18.1. The van der Waals surface area contributed by atoms with Crippen molar-refractivity contribution in [2.45, 2.75) is 69.9 Å². The molecule has 1 heterocycles. The summed E-state index contributed by atoms with van der Waals surface area (Å²) in [6, 6.07) is 7.01. The van der Waals surface area contributed by atoms with Crippen molar-refractivity contribution in [1.29, 1.82) is 0 Å². The molecule has 166 valence electrons. The zero-order chi connectivity index (χ0) is 22.1. The minimum atomic E-state index is -1.25. The number of hydrogen-bond donors (Lipinski definition) is 1. The molecule has 6 unspecified atom stereocenters. The van der Waals surface area contributed by atoms with Crippen LogP contribution in [-0.4, -0.2) is 58.5 Å². The zero-order valence-corrected chi connectivity index (χ0v) is 18.1. The number of amides is 1. The van der Waals surface area contributed by atoms with Crippen LogP contribution in [0.4, 0.5) is 4.79 Å². The van der Waals surface area contributed by atoms with Gasteiger partial charge in [0, 0.05) is 36.5 Å². The molecule has 2 bridgehead atoms. The van der Waals surface area contributed by atoms with Crippen LogP contribution in [0.25, 0.3) is 0 Å². The van der Waals surface area contributed by atoms with Crippen molar-refractivity contribution in [2.24, 2.45) is 11.8 Å². The van der Waals surface area contributed by atoms with E-state index < -0.39 is 28.8 Å². The minimum absolute atomic E-state index is 0.0592. The highest BCUT2D eigenvalue weighted by Crippen LogP contribution is 2.49. The number of aliphatic hydroxyl groups is 1. The maximum absolute atomic E-state index is 13.0. The van der Waals surface area contributed by atoms with Gasteiger partial charge in [0.1, 0.15) is 11.7 Å². The fourth-order valence-corrected chi connectivity index (χ4v) is 5.10. The van der Waals surface area contributed by atoms with Gasteiger partial charge < -0.3 is 19.5 Å². The molecule has 0 aromatic heterocycles. The van der Waals surface area contributed by atoms with Gasteiger partial charge in [0.2, 0.25) is 6.04 Å². The van der Waals surface area contributed by atoms with Gasteiger partial charge in [-0.3, -0.25) is 10.1 Å². The quantitative estimate of drug-likeness (QED) is 0.536. The number of hydrogen-bond acceptors (Lipinski definition) is 6. The number of nitro groups is 1. The van der Waals surface area contributed by atoms with Gasteiger partial charge in [-0.25, -0.2) is 4.79 Å². The Kier molecular flexibility index (Phi) is 6.67. The summed E-state index contributed by atoms with van der Waals surface area (Å²) in [4.78, 5) is 26.2. The Morgan fingerprint density at radius 1 is 1.30 bits per heavy atom. The Hall–Kier alpha value is -2.19. The van der Waals surface area contributed by atoms with Gasteiger partial charge in [-0.05, 0) is 45.1 Å². The van der Waals surface area contributed by atoms with Crippen molar-refractivity contribution in [1.82, 2.24) is 4.90 Å². The Balaban J connectivity index is 1.87. The average Bonchev–Trinajstić information content (AvgIpc) is 3.20. The minimum Gasteiger partial charge on any atom is -0.444 e. The van der Waals surface area contributed by atoms with Gasteiger partial charge in [0.25, 0.3) is 0 Å². The van der Waals surface area contributed by atoms with Crippen LogP contribution in [0.1, 0.15) is 51.7 Å². The van der Waals surface area contributed by atoms with E-state index in [2.05, 4.69) is 0 Å². The number of likely N-dealkylation sites (tertiary alicyclic amines) is 1. The maximum Gasteiger partial charge on any atom is 0.410 e. The molecule has 1 aliphatic heterocycles. The summed E-state index contributed by atoms with van der Waals surface area (Å²) in [6.07, 6.45) is 0.0931. The molecule has 0 radical (unpaired) electrons. The lowest BCUT2D eigenvalue weighted by Gasteiger charge is -2.37. The van der Waals surface area contributed by atoms with Crippen molar-refractivity contribution in [3.8, 4) is 0 Å². The number of carbonyl (C=O) groups is 1. The van der Waals surface area contributed by atoms with Gasteiger partial charge in [0.05, 0.1) is 6.61 Å². The maximum atomic E-state index is 13.0. The summed E-state index contributed by atoms with van der Waals surface area (Å²) in [5, 5.41) is 22.7. The Morgan fingerprint density at radius 2 is 1.97 bits per heavy atom. The highest BCUT2D eigenvalue weighted by Gasteiger charge is 2.57. The van der Waals surface area contributed by atoms with Crippen LogP contribution in [-0.2, 0) is 9.47 Å². The van der Waals surface area contributed by atoms with Crippen molar-refractivity contribution >= 4 is 6.09 Å². The molecule has 1 saturated carbocycles. The number of fused-ring (bicyclic) bond motifs is 2. The van der Waals surface area contributed by atoms with Gasteiger partial charge in [-0.15, -0.1) is 0 Å². The van der Waals surface area contributed by atoms with Crippen LogP contribution in [0, 0.1) is 22.0 Å². The first-order valence-electron chi connectivity index (χ1n) is 10.5. The molecule has 1 aromatic carbocycles. The number of methoxy groups -OCH3 is 1. The van der Waals surface area contributed by atoms with E-state index in [0.717, 1.165) is 12.8 Å². The van der Waals surface area contributed by atoms with Crippen molar-refractivity contribution in [2.75, 3.05) is 13.7 Å². The third-order valence-electron chi connectivity index (χ3n) is 6.27. The summed E-state index contributed by atoms with van der Waals surface area (Å²) in [7, 11) is 1.63. The Morgan fingerprint density at radius 3 is 2.53 bits per heavy atom. The lowest BCUT2D eigenvalue weighted by Crippen LogP contribution is -2.49. The van der Waals surface area contributed by atoms with Crippen LogP contribution < -0.4 is 0 Å². The fraction of sp³-hybridized carbons (Fsp3) is 0.682. The van der Waals surface area contributed by atoms with Gasteiger partial charge >= 0.3 is 6.09 Å². The summed E-state index contributed by atoms with van der Waals surface area (Å²) < 4.78 is 11.0. The van der Waals surface area contributed by atoms with E-state index in [9.17, 15) is 20.0 Å². The molecule has 8 nitrogen and oxygen atoms in total. The number of piperidine rings is 1. The lowest BCUT2D eigenvalue weighted by atomic mass is 9.86. The molecule has 1 aliphatic carbocycles. The Bertz CT molecular complexity index is 750. The molecule has 30 heavy (non-hydrogen) atoms. The molecule has 3 rings (SSSR count). The smallest absolute Gasteiger partial charge is 0.410 e. The van der Waals surface area contributed by atoms with Gasteiger partial charge in [-0.2, -0.15) is 0 Å². The van der Waals surface area contributed by atoms with Crippen LogP contribution in [0.2, 0.25) is 0 Å². The molecule has 1 amide bonds. The normalized spacial score (nSPS) is 27.7. The number of ether oxygens (including phenoxy) is 2. The molecule has 2 aliphatic rings. The van der Waals surface area contributed by atoms with Crippen LogP contribution in [0.3, 0.4) is 0 Å². The first-order valence-corrected chi connectivity index (χ1v) is 10.5. The highest BCUT2D eigenvalue weighted by atomic mass is 16.6. The standard InChI is InChI=1S/C22H32N2O6/c1-22(2,3)30-21(26)23-17-11-10-15(16(17)13-29-4)18(23)12-19(24(27)28)20(25)14-8-6-5-7-9-14/h5-9,15-20,25H,10-13H2,1-4H3. The van der Waals surface area contributed by atoms with E-state index in [1.165, 1.54) is 0 Å². The third kappa shape index (κ3) is 4.59. The first kappa shape index (κ1) is 22.5. The second-order valence-electron chi connectivity index (χ2n) is 9.33. The number of aliphatic hydroxyl groups excluding tert-OH is 1. The summed E-state index contributed by atoms with van der Waals surface area (Å²) >= 11 is 0. The number of nitrogens with zero attached hydrogens (tertiary/aromatic N) is 2. The average molecular weight is 421 g/mol. The summed E-state index contributed by atoms with van der Waals surface area (Å²) in [6.45, 7) is 5.91. The molecule has 1 N–H and O–H groups in total. The number of carbonyl (C=O) groups excluding carboxylic acids is 1. The molecule has 1 saturated heterocycles. The van der Waals surface area contributed by atoms with E-state index >= 15 is 0 Å². The number of rotatable bonds is 7. The number of benzene rings is 1. The van der Waals surface area contributed by atoms with E-state index in [1.54, 1.807) is 63.1 Å². The van der Waals surface area contributed by atoms with E-state index in [1.807, 2.05) is 0 Å². The van der Waals surface area contributed by atoms with E-state index in [-0.39, 0.29) is 30.3 Å². The van der Waals surface area contributed by atoms with E-state index in [4.69, 9.17) is 9.47 Å². The summed E-state index contributed by atoms with van der Waals surface area (Å²) in [5.74, 6) is 0.210. The topological polar surface area (TPSA) is 102 Å². The SMILES string of the molecule is COCC1C2CCC1N(C(=O)OC(C)(C)C)C2CC(C(O)c1ccccc1)[N+](=O)[O-]. The molecular formula is C22H32N2O6. The Labute approximate surface area is 177 Å². The predicted octanol–water partition coefficient (Wildman–Crippen LogP) is 3.42. The predicted molar refractivity (Wildman–Crippen MR) is 111 cm³/mol. The van der Waals surface area contributed by atoms with Crippen molar-refractivity contribution in [3.05, 3.63) is 46.0 Å². The van der Waals surface area contributed by atoms with Crippen molar-refractivity contribution in [3.63, 3.8) is 0 Å². The third-order valence-corrected chi connectivity index (χ3v) is 6.27. The van der Waals surface area contributed by atoms with Gasteiger partial charge in [0.15, 0.2) is 0 Å². The van der Waals surface area contributed by atoms with E-state index in [0.29, 0.717) is 12.2 Å². The first-order chi connectivity index (χ1) is 14.1. The van der Waals surface area contributed by atoms with Crippen LogP contribution in [0.5, 0.6) is 0 Å². The molecule has 6 atom stereocenters. The molecular weight excluding hydrogens is 388 g/mol. The van der Waals surface area contributed by atoms with Crippen molar-refractivity contribution < 1.29 is 24.3 Å². The largest absolute Gasteiger partial charge is 0.444 e. The summed E-state index contributed by atoms with van der Waals surface area (Å²) in [5.41, 5.74) is -0.161. The molecule has 0 spiro atoms. The lowest BCUT2D eigenvalue weighted by molar-refractivity contribution is -0.538. The fourth-order valence-electron chi connectivity index (χ4n) is 5.10. The second kappa shape index (κ2) is 8.89. The highest BCUT2D eigenvalue weighted by molar-refractivity contribution is 5.70. The molecule has 2 fully saturated rings. The molecule has 8 heteroatoms. The molecule has 1 aromatic rings. The van der Waals surface area contributed by atoms with Crippen LogP contribution in [0.15, 0.2) is 30.3 Å². The van der Waals surface area contributed by atoms with Gasteiger partial charge in [-0.1, -0.05) is 30.3 Å². The second-order valence-corrected chi connectivity index (χ2v) is 9.33. The monoisotopic (exact) mass is 420 g/mol.